The van der Waals surface area contributed by atoms with Gasteiger partial charge in [-0.05, 0) is 36.8 Å². The first-order valence-electron chi connectivity index (χ1n) is 9.08. The van der Waals surface area contributed by atoms with Gasteiger partial charge in [-0.3, -0.25) is 9.59 Å². The number of carbonyl (C=O) groups excluding carboxylic acids is 2. The highest BCUT2D eigenvalue weighted by Gasteiger charge is 2.35. The van der Waals surface area contributed by atoms with Gasteiger partial charge in [-0.2, -0.15) is 13.2 Å². The second-order valence-corrected chi connectivity index (χ2v) is 9.93. The third-order valence-corrected chi connectivity index (χ3v) is 7.64. The second kappa shape index (κ2) is 7.71. The van der Waals surface area contributed by atoms with Gasteiger partial charge in [-0.15, -0.1) is 11.3 Å². The average Bonchev–Trinajstić information content (AvgIpc) is 3.20. The molecule has 0 aliphatic carbocycles. The van der Waals surface area contributed by atoms with Crippen molar-refractivity contribution in [1.29, 1.82) is 0 Å². The van der Waals surface area contributed by atoms with Crippen molar-refractivity contribution in [3.8, 4) is 0 Å². The van der Waals surface area contributed by atoms with Crippen molar-refractivity contribution < 1.29 is 31.2 Å². The maximum Gasteiger partial charge on any atom is 0.443 e. The minimum absolute atomic E-state index is 0.0157. The molecule has 4 rings (SSSR count). The lowest BCUT2D eigenvalue weighted by Gasteiger charge is -2.13. The van der Waals surface area contributed by atoms with E-state index in [1.54, 1.807) is 0 Å². The first-order valence-corrected chi connectivity index (χ1v) is 11.4. The van der Waals surface area contributed by atoms with Gasteiger partial charge in [0, 0.05) is 16.6 Å². The minimum Gasteiger partial charge on any atom is -0.347 e. The summed E-state index contributed by atoms with van der Waals surface area (Å²) in [4.78, 5) is 28.4. The molecule has 12 heteroatoms. The van der Waals surface area contributed by atoms with E-state index in [1.807, 2.05) is 0 Å². The van der Waals surface area contributed by atoms with Crippen LogP contribution in [0.3, 0.4) is 0 Å². The van der Waals surface area contributed by atoms with Crippen molar-refractivity contribution in [1.82, 2.24) is 10.3 Å². The number of halogens is 3. The smallest absolute Gasteiger partial charge is 0.347 e. The van der Waals surface area contributed by atoms with Crippen molar-refractivity contribution >= 4 is 38.7 Å². The summed E-state index contributed by atoms with van der Waals surface area (Å²) in [5, 5.41) is 4.00. The van der Waals surface area contributed by atoms with E-state index in [2.05, 4.69) is 15.6 Å². The standard InChI is InChI=1S/C20H14F3N3O4S2/c1-10-6-16-14(26-18(28)12-4-2-3-5-15(12)32(16,29)30)7-13(10)17(27)24-8-11-9-25-19(31-11)20(21,22)23/h2-7,9H,8H2,1H3,(H,24,27)(H,26,28). The molecule has 0 unspecified atom stereocenters. The Labute approximate surface area is 184 Å². The molecule has 0 bridgehead atoms. The van der Waals surface area contributed by atoms with E-state index in [-0.39, 0.29) is 38.0 Å². The van der Waals surface area contributed by atoms with Crippen molar-refractivity contribution in [2.75, 3.05) is 5.32 Å². The third kappa shape index (κ3) is 3.86. The van der Waals surface area contributed by atoms with Gasteiger partial charge in [0.25, 0.3) is 11.8 Å². The van der Waals surface area contributed by atoms with Crippen LogP contribution in [0.15, 0.2) is 52.4 Å². The predicted molar refractivity (Wildman–Crippen MR) is 109 cm³/mol. The fourth-order valence-electron chi connectivity index (χ4n) is 3.23. The molecule has 166 valence electrons. The number of rotatable bonds is 3. The molecule has 0 atom stereocenters. The number of amides is 2. The van der Waals surface area contributed by atoms with Crippen LogP contribution in [0.2, 0.25) is 0 Å². The fraction of sp³-hybridized carbons (Fsp3) is 0.150. The number of thiazole rings is 1. The zero-order valence-electron chi connectivity index (χ0n) is 16.3. The first kappa shape index (κ1) is 22.0. The molecule has 1 aliphatic heterocycles. The monoisotopic (exact) mass is 481 g/mol. The van der Waals surface area contributed by atoms with E-state index in [0.717, 1.165) is 6.20 Å². The number of carbonyl (C=O) groups is 2. The molecule has 0 saturated heterocycles. The molecule has 0 spiro atoms. The van der Waals surface area contributed by atoms with Crippen LogP contribution in [0.25, 0.3) is 0 Å². The Bertz CT molecular complexity index is 1360. The number of hydrogen-bond acceptors (Lipinski definition) is 6. The van der Waals surface area contributed by atoms with Crippen LogP contribution in [0.5, 0.6) is 0 Å². The van der Waals surface area contributed by atoms with E-state index >= 15 is 0 Å². The van der Waals surface area contributed by atoms with Crippen LogP contribution < -0.4 is 10.6 Å². The molecule has 0 saturated carbocycles. The molecule has 1 aromatic heterocycles. The van der Waals surface area contributed by atoms with Crippen LogP contribution in [0.4, 0.5) is 18.9 Å². The topological polar surface area (TPSA) is 105 Å². The summed E-state index contributed by atoms with van der Waals surface area (Å²) in [6.07, 6.45) is -3.54. The molecular formula is C20H14F3N3O4S2. The van der Waals surface area contributed by atoms with Crippen molar-refractivity contribution in [2.45, 2.75) is 29.4 Å². The largest absolute Gasteiger partial charge is 0.443 e. The zero-order valence-corrected chi connectivity index (χ0v) is 17.9. The highest BCUT2D eigenvalue weighted by Crippen LogP contribution is 2.36. The third-order valence-electron chi connectivity index (χ3n) is 4.75. The quantitative estimate of drug-likeness (QED) is 0.592. The van der Waals surface area contributed by atoms with Crippen molar-refractivity contribution in [3.05, 3.63) is 69.2 Å². The Hall–Kier alpha value is -3.25. The number of alkyl halides is 3. The zero-order chi connectivity index (χ0) is 23.3. The van der Waals surface area contributed by atoms with Gasteiger partial charge in [0.15, 0.2) is 5.01 Å². The average molecular weight is 481 g/mol. The number of aromatic nitrogens is 1. The number of sulfone groups is 1. The molecule has 1 aliphatic rings. The maximum absolute atomic E-state index is 13.1. The van der Waals surface area contributed by atoms with Gasteiger partial charge in [0.1, 0.15) is 0 Å². The highest BCUT2D eigenvalue weighted by molar-refractivity contribution is 7.91. The number of nitrogens with one attached hydrogen (secondary N) is 2. The normalized spacial score (nSPS) is 14.7. The van der Waals surface area contributed by atoms with Gasteiger partial charge in [0.2, 0.25) is 9.84 Å². The molecule has 0 radical (unpaired) electrons. The molecule has 3 aromatic rings. The summed E-state index contributed by atoms with van der Waals surface area (Å²) in [7, 11) is -4.03. The molecular weight excluding hydrogens is 467 g/mol. The number of aryl methyl sites for hydroxylation is 1. The molecule has 2 heterocycles. The Morgan fingerprint density at radius 3 is 2.59 bits per heavy atom. The summed E-state index contributed by atoms with van der Waals surface area (Å²) in [6, 6.07) is 8.30. The Balaban J connectivity index is 1.64. The summed E-state index contributed by atoms with van der Waals surface area (Å²) in [6.45, 7) is 1.33. The summed E-state index contributed by atoms with van der Waals surface area (Å²) < 4.78 is 64.2. The van der Waals surface area contributed by atoms with E-state index in [4.69, 9.17) is 0 Å². The van der Waals surface area contributed by atoms with Gasteiger partial charge >= 0.3 is 6.18 Å². The molecule has 7 nitrogen and oxygen atoms in total. The second-order valence-electron chi connectivity index (χ2n) is 6.93. The van der Waals surface area contributed by atoms with E-state index in [1.165, 1.54) is 43.3 Å². The lowest BCUT2D eigenvalue weighted by Crippen LogP contribution is -2.24. The highest BCUT2D eigenvalue weighted by atomic mass is 32.2. The number of nitrogens with zero attached hydrogens (tertiary/aromatic N) is 1. The number of hydrogen-bond donors (Lipinski definition) is 2. The van der Waals surface area contributed by atoms with Crippen LogP contribution >= 0.6 is 11.3 Å². The number of anilines is 1. The van der Waals surface area contributed by atoms with E-state index < -0.39 is 32.8 Å². The van der Waals surface area contributed by atoms with Gasteiger partial charge < -0.3 is 10.6 Å². The molecule has 2 amide bonds. The summed E-state index contributed by atoms with van der Waals surface area (Å²) in [5.74, 6) is -1.27. The summed E-state index contributed by atoms with van der Waals surface area (Å²) in [5.41, 5.74) is 0.321. The first-order chi connectivity index (χ1) is 15.0. The Morgan fingerprint density at radius 2 is 1.91 bits per heavy atom. The van der Waals surface area contributed by atoms with E-state index in [0.29, 0.717) is 16.9 Å². The van der Waals surface area contributed by atoms with Crippen LogP contribution in [0.1, 0.15) is 36.2 Å². The fourth-order valence-corrected chi connectivity index (χ4v) is 5.62. The molecule has 2 aromatic carbocycles. The SMILES string of the molecule is Cc1cc2c(cc1C(=O)NCc1cnc(C(F)(F)F)s1)NC(=O)c1ccccc1S2(=O)=O. The van der Waals surface area contributed by atoms with Crippen LogP contribution in [-0.2, 0) is 22.6 Å². The molecule has 2 N–H and O–H groups in total. The lowest BCUT2D eigenvalue weighted by atomic mass is 10.1. The lowest BCUT2D eigenvalue weighted by molar-refractivity contribution is -0.137. The molecule has 32 heavy (non-hydrogen) atoms. The minimum atomic E-state index is -4.57. The van der Waals surface area contributed by atoms with Gasteiger partial charge in [0.05, 0.1) is 27.6 Å². The number of benzene rings is 2. The Kier molecular flexibility index (Phi) is 5.29. The predicted octanol–water partition coefficient (Wildman–Crippen LogP) is 3.80. The van der Waals surface area contributed by atoms with Crippen molar-refractivity contribution in [2.24, 2.45) is 0 Å². The van der Waals surface area contributed by atoms with Crippen LogP contribution in [-0.4, -0.2) is 25.2 Å². The van der Waals surface area contributed by atoms with E-state index in [9.17, 15) is 31.2 Å². The number of fused-ring (bicyclic) bond motifs is 2. The Morgan fingerprint density at radius 1 is 1.19 bits per heavy atom. The van der Waals surface area contributed by atoms with Crippen LogP contribution in [0, 0.1) is 6.92 Å². The van der Waals surface area contributed by atoms with Crippen molar-refractivity contribution in [3.63, 3.8) is 0 Å². The molecule has 0 fully saturated rings. The van der Waals surface area contributed by atoms with Gasteiger partial charge in [-0.25, -0.2) is 13.4 Å². The summed E-state index contributed by atoms with van der Waals surface area (Å²) >= 11 is 0.413. The van der Waals surface area contributed by atoms with Gasteiger partial charge in [-0.1, -0.05) is 12.1 Å². The maximum atomic E-state index is 13.1.